The molecule has 0 spiro atoms. The Morgan fingerprint density at radius 3 is 2.90 bits per heavy atom. The summed E-state index contributed by atoms with van der Waals surface area (Å²) >= 11 is 0. The number of nitrogens with one attached hydrogen (secondary N) is 2. The quantitative estimate of drug-likeness (QED) is 0.765. The lowest BCUT2D eigenvalue weighted by atomic mass is 10.3. The molecule has 1 atom stereocenters. The first-order chi connectivity index (χ1) is 9.65. The summed E-state index contributed by atoms with van der Waals surface area (Å²) in [6.07, 6.45) is 1.26. The summed E-state index contributed by atoms with van der Waals surface area (Å²) in [6.45, 7) is 3.57. The fraction of sp³-hybridized carbons (Fsp3) is 0.214. The van der Waals surface area contributed by atoms with E-state index in [1.807, 2.05) is 31.2 Å². The smallest absolute Gasteiger partial charge is 0.274 e. The Hall–Kier alpha value is -2.63. The Morgan fingerprint density at radius 2 is 2.20 bits per heavy atom. The van der Waals surface area contributed by atoms with E-state index in [1.165, 1.54) is 6.39 Å². The fourth-order valence-electron chi connectivity index (χ4n) is 2.03. The highest BCUT2D eigenvalue weighted by Gasteiger charge is 2.18. The van der Waals surface area contributed by atoms with Gasteiger partial charge in [0.2, 0.25) is 0 Å². The van der Waals surface area contributed by atoms with Crippen LogP contribution in [0.1, 0.15) is 35.0 Å². The van der Waals surface area contributed by atoms with Crippen LogP contribution in [0, 0.1) is 6.92 Å². The highest BCUT2D eigenvalue weighted by molar-refractivity contribution is 5.93. The zero-order valence-electron chi connectivity index (χ0n) is 11.2. The summed E-state index contributed by atoms with van der Waals surface area (Å²) < 4.78 is 5.03. The molecular weight excluding hydrogens is 256 g/mol. The summed E-state index contributed by atoms with van der Waals surface area (Å²) in [5, 5.41) is 2.85. The van der Waals surface area contributed by atoms with E-state index in [1.54, 1.807) is 6.92 Å². The van der Waals surface area contributed by atoms with Crippen LogP contribution in [0.2, 0.25) is 0 Å². The second-order valence-electron chi connectivity index (χ2n) is 4.59. The molecule has 6 heteroatoms. The molecule has 2 N–H and O–H groups in total. The van der Waals surface area contributed by atoms with Gasteiger partial charge in [0.25, 0.3) is 5.91 Å². The molecule has 3 aromatic rings. The fourth-order valence-corrected chi connectivity index (χ4v) is 2.03. The number of aryl methyl sites for hydroxylation is 1. The number of oxazole rings is 1. The topological polar surface area (TPSA) is 83.8 Å². The van der Waals surface area contributed by atoms with Crippen LogP contribution in [0.5, 0.6) is 0 Å². The maximum atomic E-state index is 12.1. The third-order valence-corrected chi connectivity index (χ3v) is 3.13. The first kappa shape index (κ1) is 12.4. The molecule has 0 radical (unpaired) electrons. The molecule has 20 heavy (non-hydrogen) atoms. The van der Waals surface area contributed by atoms with E-state index < -0.39 is 0 Å². The molecule has 0 aliphatic rings. The van der Waals surface area contributed by atoms with Crippen LogP contribution >= 0.6 is 0 Å². The van der Waals surface area contributed by atoms with E-state index in [-0.39, 0.29) is 11.9 Å². The average molecular weight is 270 g/mol. The second kappa shape index (κ2) is 4.80. The Morgan fingerprint density at radius 1 is 1.40 bits per heavy atom. The number of para-hydroxylation sites is 2. The van der Waals surface area contributed by atoms with Crippen molar-refractivity contribution in [2.24, 2.45) is 0 Å². The lowest BCUT2D eigenvalue weighted by Crippen LogP contribution is -2.28. The Labute approximate surface area is 115 Å². The lowest BCUT2D eigenvalue weighted by molar-refractivity contribution is 0.0932. The van der Waals surface area contributed by atoms with Crippen molar-refractivity contribution in [1.82, 2.24) is 20.3 Å². The van der Waals surface area contributed by atoms with Crippen molar-refractivity contribution in [2.45, 2.75) is 19.9 Å². The summed E-state index contributed by atoms with van der Waals surface area (Å²) in [5.41, 5.74) is 2.12. The molecule has 3 rings (SSSR count). The number of aromatic amines is 1. The number of nitrogens with zero attached hydrogens (tertiary/aromatic N) is 2. The van der Waals surface area contributed by atoms with Crippen molar-refractivity contribution in [1.29, 1.82) is 0 Å². The van der Waals surface area contributed by atoms with E-state index in [4.69, 9.17) is 4.42 Å². The molecule has 2 heterocycles. The summed E-state index contributed by atoms with van der Waals surface area (Å²) in [7, 11) is 0. The maximum Gasteiger partial charge on any atom is 0.274 e. The van der Waals surface area contributed by atoms with E-state index in [9.17, 15) is 4.79 Å². The molecule has 0 saturated carbocycles. The largest absolute Gasteiger partial charge is 0.448 e. The third-order valence-electron chi connectivity index (χ3n) is 3.13. The normalized spacial score (nSPS) is 12.5. The molecule has 0 aliphatic carbocycles. The first-order valence-electron chi connectivity index (χ1n) is 6.31. The van der Waals surface area contributed by atoms with Crippen LogP contribution in [0.15, 0.2) is 35.1 Å². The molecule has 6 nitrogen and oxygen atoms in total. The number of rotatable bonds is 3. The number of H-pyrrole nitrogens is 1. The molecule has 0 bridgehead atoms. The third kappa shape index (κ3) is 2.16. The molecule has 0 aliphatic heterocycles. The van der Waals surface area contributed by atoms with Crippen LogP contribution in [0.25, 0.3) is 11.0 Å². The monoisotopic (exact) mass is 270 g/mol. The van der Waals surface area contributed by atoms with Crippen molar-refractivity contribution in [3.63, 3.8) is 0 Å². The Kier molecular flexibility index (Phi) is 2.98. The minimum Gasteiger partial charge on any atom is -0.448 e. The molecule has 2 aromatic heterocycles. The molecule has 1 unspecified atom stereocenters. The van der Waals surface area contributed by atoms with Crippen molar-refractivity contribution < 1.29 is 9.21 Å². The van der Waals surface area contributed by atoms with Gasteiger partial charge in [0, 0.05) is 0 Å². The van der Waals surface area contributed by atoms with Gasteiger partial charge in [-0.15, -0.1) is 0 Å². The standard InChI is InChI=1S/C14H14N4O2/c1-8(16-14(19)12-9(2)20-7-15-12)13-17-10-5-3-4-6-11(10)18-13/h3-8H,1-2H3,(H,16,19)(H,17,18). The van der Waals surface area contributed by atoms with E-state index >= 15 is 0 Å². The van der Waals surface area contributed by atoms with Crippen molar-refractivity contribution in [3.05, 3.63) is 47.9 Å². The van der Waals surface area contributed by atoms with Gasteiger partial charge in [-0.3, -0.25) is 4.79 Å². The van der Waals surface area contributed by atoms with Crippen molar-refractivity contribution in [3.8, 4) is 0 Å². The van der Waals surface area contributed by atoms with Crippen molar-refractivity contribution >= 4 is 16.9 Å². The first-order valence-corrected chi connectivity index (χ1v) is 6.31. The van der Waals surface area contributed by atoms with Crippen LogP contribution in [-0.4, -0.2) is 20.9 Å². The van der Waals surface area contributed by atoms with Gasteiger partial charge in [-0.25, -0.2) is 9.97 Å². The summed E-state index contributed by atoms with van der Waals surface area (Å²) in [4.78, 5) is 23.6. The number of carbonyl (C=O) groups is 1. The zero-order chi connectivity index (χ0) is 14.1. The summed E-state index contributed by atoms with van der Waals surface area (Å²) in [5.74, 6) is 0.934. The number of amides is 1. The van der Waals surface area contributed by atoms with Crippen LogP contribution in [0.4, 0.5) is 0 Å². The SMILES string of the molecule is Cc1ocnc1C(=O)NC(C)c1nc2ccccc2[nH]1. The predicted octanol–water partition coefficient (Wildman–Crippen LogP) is 2.35. The van der Waals surface area contributed by atoms with Crippen LogP contribution in [-0.2, 0) is 0 Å². The molecular formula is C14H14N4O2. The van der Waals surface area contributed by atoms with Gasteiger partial charge in [0.15, 0.2) is 12.1 Å². The zero-order valence-corrected chi connectivity index (χ0v) is 11.2. The summed E-state index contributed by atoms with van der Waals surface area (Å²) in [6, 6.07) is 7.49. The number of hydrogen-bond donors (Lipinski definition) is 2. The Balaban J connectivity index is 1.80. The molecule has 1 amide bonds. The van der Waals surface area contributed by atoms with Gasteiger partial charge in [-0.1, -0.05) is 12.1 Å². The van der Waals surface area contributed by atoms with Crippen molar-refractivity contribution in [2.75, 3.05) is 0 Å². The predicted molar refractivity (Wildman–Crippen MR) is 73.2 cm³/mol. The number of hydrogen-bond acceptors (Lipinski definition) is 4. The minimum absolute atomic E-state index is 0.244. The van der Waals surface area contributed by atoms with Gasteiger partial charge < -0.3 is 14.7 Å². The minimum atomic E-state index is -0.274. The van der Waals surface area contributed by atoms with E-state index in [2.05, 4.69) is 20.3 Å². The second-order valence-corrected chi connectivity index (χ2v) is 4.59. The molecule has 1 aromatic carbocycles. The maximum absolute atomic E-state index is 12.1. The lowest BCUT2D eigenvalue weighted by Gasteiger charge is -2.10. The van der Waals surface area contributed by atoms with Gasteiger partial charge >= 0.3 is 0 Å². The number of carbonyl (C=O) groups excluding carboxylic acids is 1. The highest BCUT2D eigenvalue weighted by atomic mass is 16.3. The average Bonchev–Trinajstić information content (AvgIpc) is 3.04. The number of benzene rings is 1. The van der Waals surface area contributed by atoms with Gasteiger partial charge in [-0.2, -0.15) is 0 Å². The number of imidazole rings is 1. The van der Waals surface area contributed by atoms with Crippen LogP contribution < -0.4 is 5.32 Å². The van der Waals surface area contributed by atoms with Gasteiger partial charge in [0.1, 0.15) is 11.6 Å². The molecule has 102 valence electrons. The van der Waals surface area contributed by atoms with Crippen LogP contribution in [0.3, 0.4) is 0 Å². The number of fused-ring (bicyclic) bond motifs is 1. The van der Waals surface area contributed by atoms with E-state index in [0.29, 0.717) is 17.3 Å². The highest BCUT2D eigenvalue weighted by Crippen LogP contribution is 2.16. The van der Waals surface area contributed by atoms with Gasteiger partial charge in [-0.05, 0) is 26.0 Å². The molecule has 0 saturated heterocycles. The van der Waals surface area contributed by atoms with E-state index in [0.717, 1.165) is 11.0 Å². The molecule has 0 fully saturated rings. The number of aromatic nitrogens is 3. The van der Waals surface area contributed by atoms with Gasteiger partial charge in [0.05, 0.1) is 17.1 Å². The Bertz CT molecular complexity index is 726.